The molecule has 5 nitrogen and oxygen atoms in total. The molecule has 0 radical (unpaired) electrons. The Balaban J connectivity index is 0. The second-order valence-corrected chi connectivity index (χ2v) is 2.66. The normalized spacial score (nSPS) is 8.93. The fourth-order valence-electron chi connectivity index (χ4n) is 0.570. The number of hydrogen-bond acceptors (Lipinski definition) is 5. The third-order valence-electron chi connectivity index (χ3n) is 1.21. The van der Waals surface area contributed by atoms with E-state index in [1.807, 2.05) is 32.8 Å². The summed E-state index contributed by atoms with van der Waals surface area (Å²) in [6, 6.07) is 0. The lowest BCUT2D eigenvalue weighted by molar-refractivity contribution is -0.167. The lowest BCUT2D eigenvalue weighted by atomic mass is 10.6. The molecule has 0 fully saturated rings. The minimum absolute atomic E-state index is 0.182. The summed E-state index contributed by atoms with van der Waals surface area (Å²) >= 11 is 0. The van der Waals surface area contributed by atoms with Crippen molar-refractivity contribution in [1.82, 2.24) is 4.90 Å². The van der Waals surface area contributed by atoms with Crippen molar-refractivity contribution in [3.63, 3.8) is 0 Å². The minimum atomic E-state index is -0.929. The van der Waals surface area contributed by atoms with Gasteiger partial charge in [0.25, 0.3) is 0 Å². The molecule has 0 spiro atoms. The van der Waals surface area contributed by atoms with Crippen LogP contribution in [0.15, 0.2) is 0 Å². The van der Waals surface area contributed by atoms with Crippen LogP contribution in [0, 0.1) is 0 Å². The summed E-state index contributed by atoms with van der Waals surface area (Å²) in [7, 11) is 3.69. The number of carbonyl (C=O) groups excluding carboxylic acids is 2. The molecule has 0 aromatic heterocycles. The van der Waals surface area contributed by atoms with Crippen molar-refractivity contribution in [3.8, 4) is 0 Å². The van der Waals surface area contributed by atoms with Gasteiger partial charge in [0.05, 0.1) is 6.61 Å². The van der Waals surface area contributed by atoms with E-state index in [4.69, 9.17) is 0 Å². The molecule has 0 aliphatic heterocycles. The number of carbonyl (C=O) groups is 2. The third-order valence-corrected chi connectivity index (χ3v) is 1.21. The summed E-state index contributed by atoms with van der Waals surface area (Å²) in [4.78, 5) is 23.4. The summed E-state index contributed by atoms with van der Waals surface area (Å²) in [5, 5.41) is 0. The van der Waals surface area contributed by atoms with Gasteiger partial charge in [-0.15, -0.1) is 0 Å². The Labute approximate surface area is 91.3 Å². The zero-order chi connectivity index (χ0) is 12.3. The molecule has 0 atom stereocenters. The van der Waals surface area contributed by atoms with Crippen molar-refractivity contribution in [3.05, 3.63) is 0 Å². The highest BCUT2D eigenvalue weighted by atomic mass is 16.6. The fraction of sp³-hybridized carbons (Fsp3) is 0.800. The molecule has 15 heavy (non-hydrogen) atoms. The largest absolute Gasteiger partial charge is 0.458 e. The van der Waals surface area contributed by atoms with E-state index in [9.17, 15) is 9.59 Å². The molecule has 0 amide bonds. The minimum Gasteiger partial charge on any atom is -0.458 e. The van der Waals surface area contributed by atoms with Crippen LogP contribution < -0.4 is 0 Å². The van der Waals surface area contributed by atoms with Crippen LogP contribution in [-0.2, 0) is 19.1 Å². The summed E-state index contributed by atoms with van der Waals surface area (Å²) in [5.74, 6) is -1.86. The van der Waals surface area contributed by atoms with Crippen molar-refractivity contribution < 1.29 is 19.1 Å². The SMILES string of the molecule is CC.CCOC(=O)C(=O)OCCN(C)C. The van der Waals surface area contributed by atoms with Crippen LogP contribution in [0.3, 0.4) is 0 Å². The number of ether oxygens (including phenoxy) is 2. The molecule has 5 heteroatoms. The van der Waals surface area contributed by atoms with Gasteiger partial charge < -0.3 is 14.4 Å². The number of likely N-dealkylation sites (N-methyl/N-ethyl adjacent to an activating group) is 1. The molecule has 0 N–H and O–H groups in total. The van der Waals surface area contributed by atoms with Gasteiger partial charge in [0.2, 0.25) is 0 Å². The van der Waals surface area contributed by atoms with Gasteiger partial charge >= 0.3 is 11.9 Å². The van der Waals surface area contributed by atoms with Crippen molar-refractivity contribution in [2.45, 2.75) is 20.8 Å². The first-order valence-corrected chi connectivity index (χ1v) is 5.06. The Morgan fingerprint density at radius 1 is 1.07 bits per heavy atom. The highest BCUT2D eigenvalue weighted by molar-refractivity contribution is 6.29. The monoisotopic (exact) mass is 219 g/mol. The van der Waals surface area contributed by atoms with E-state index in [0.29, 0.717) is 6.54 Å². The van der Waals surface area contributed by atoms with Gasteiger partial charge in [0.1, 0.15) is 6.61 Å². The molecule has 0 aromatic carbocycles. The van der Waals surface area contributed by atoms with Crippen molar-refractivity contribution in [1.29, 1.82) is 0 Å². The van der Waals surface area contributed by atoms with Crippen LogP contribution >= 0.6 is 0 Å². The van der Waals surface area contributed by atoms with E-state index in [1.165, 1.54) is 0 Å². The molecule has 0 unspecified atom stereocenters. The zero-order valence-corrected chi connectivity index (χ0v) is 10.2. The Hall–Kier alpha value is -1.10. The Morgan fingerprint density at radius 3 is 1.93 bits per heavy atom. The first-order chi connectivity index (χ1) is 7.07. The average Bonchev–Trinajstić information content (AvgIpc) is 2.20. The van der Waals surface area contributed by atoms with Crippen molar-refractivity contribution in [2.24, 2.45) is 0 Å². The second kappa shape index (κ2) is 11.0. The molecule has 0 rings (SSSR count). The van der Waals surface area contributed by atoms with Crippen LogP contribution in [-0.4, -0.2) is 50.7 Å². The number of hydrogen-bond donors (Lipinski definition) is 0. The van der Waals surface area contributed by atoms with Gasteiger partial charge in [-0.05, 0) is 21.0 Å². The van der Waals surface area contributed by atoms with Crippen molar-refractivity contribution in [2.75, 3.05) is 33.9 Å². The van der Waals surface area contributed by atoms with E-state index < -0.39 is 11.9 Å². The van der Waals surface area contributed by atoms with Crippen LogP contribution in [0.2, 0.25) is 0 Å². The first kappa shape index (κ1) is 16.3. The number of esters is 2. The standard InChI is InChI=1S/C8H15NO4.C2H6/c1-4-12-7(10)8(11)13-6-5-9(2)3;1-2/h4-6H2,1-3H3;1-2H3. The van der Waals surface area contributed by atoms with Gasteiger partial charge in [-0.25, -0.2) is 9.59 Å². The van der Waals surface area contributed by atoms with Crippen LogP contribution in [0.4, 0.5) is 0 Å². The topological polar surface area (TPSA) is 55.8 Å². The van der Waals surface area contributed by atoms with Crippen LogP contribution in [0.1, 0.15) is 20.8 Å². The Kier molecular flexibility index (Phi) is 12.0. The second-order valence-electron chi connectivity index (χ2n) is 2.66. The van der Waals surface area contributed by atoms with E-state index in [2.05, 4.69) is 9.47 Å². The predicted octanol–water partition coefficient (Wildman–Crippen LogP) is 0.680. The molecule has 0 saturated heterocycles. The Bertz CT molecular complexity index is 180. The molecule has 0 bridgehead atoms. The van der Waals surface area contributed by atoms with Crippen molar-refractivity contribution >= 4 is 11.9 Å². The maximum absolute atomic E-state index is 10.8. The average molecular weight is 219 g/mol. The third kappa shape index (κ3) is 10.8. The van der Waals surface area contributed by atoms with Gasteiger partial charge in [0.15, 0.2) is 0 Å². The van der Waals surface area contributed by atoms with Gasteiger partial charge in [-0.3, -0.25) is 0 Å². The molecular formula is C10H21NO4. The molecule has 0 aliphatic rings. The summed E-state index contributed by atoms with van der Waals surface area (Å²) < 4.78 is 9.05. The molecular weight excluding hydrogens is 198 g/mol. The van der Waals surface area contributed by atoms with E-state index >= 15 is 0 Å². The molecule has 0 aromatic rings. The van der Waals surface area contributed by atoms with Gasteiger partial charge in [0, 0.05) is 6.54 Å². The maximum atomic E-state index is 10.8. The zero-order valence-electron chi connectivity index (χ0n) is 10.2. The summed E-state index contributed by atoms with van der Waals surface area (Å²) in [6.07, 6.45) is 0. The smallest absolute Gasteiger partial charge is 0.417 e. The predicted molar refractivity (Wildman–Crippen MR) is 57.5 cm³/mol. The number of nitrogens with zero attached hydrogens (tertiary/aromatic N) is 1. The first-order valence-electron chi connectivity index (χ1n) is 5.06. The van der Waals surface area contributed by atoms with E-state index in [-0.39, 0.29) is 13.2 Å². The van der Waals surface area contributed by atoms with Crippen LogP contribution in [0.25, 0.3) is 0 Å². The molecule has 90 valence electrons. The lowest BCUT2D eigenvalue weighted by Gasteiger charge is -2.08. The van der Waals surface area contributed by atoms with E-state index in [1.54, 1.807) is 6.92 Å². The fourth-order valence-corrected chi connectivity index (χ4v) is 0.570. The summed E-state index contributed by atoms with van der Waals surface area (Å²) in [5.41, 5.74) is 0. The van der Waals surface area contributed by atoms with E-state index in [0.717, 1.165) is 0 Å². The molecule has 0 heterocycles. The molecule has 0 saturated carbocycles. The van der Waals surface area contributed by atoms with Crippen LogP contribution in [0.5, 0.6) is 0 Å². The molecule has 0 aliphatic carbocycles. The lowest BCUT2D eigenvalue weighted by Crippen LogP contribution is -2.25. The quantitative estimate of drug-likeness (QED) is 0.514. The maximum Gasteiger partial charge on any atom is 0.417 e. The number of rotatable bonds is 4. The highest BCUT2D eigenvalue weighted by Crippen LogP contribution is 1.85. The highest BCUT2D eigenvalue weighted by Gasteiger charge is 2.15. The van der Waals surface area contributed by atoms with Gasteiger partial charge in [-0.2, -0.15) is 0 Å². The van der Waals surface area contributed by atoms with Gasteiger partial charge in [-0.1, -0.05) is 13.8 Å². The summed E-state index contributed by atoms with van der Waals surface area (Å²) in [6.45, 7) is 6.60. The Morgan fingerprint density at radius 2 is 1.53 bits per heavy atom.